The van der Waals surface area contributed by atoms with Crippen molar-refractivity contribution in [3.63, 3.8) is 0 Å². The molecule has 1 aromatic heterocycles. The fraction of sp³-hybridized carbons (Fsp3) is 0.240. The summed E-state index contributed by atoms with van der Waals surface area (Å²) in [4.78, 5) is 26.3. The highest BCUT2D eigenvalue weighted by Crippen LogP contribution is 2.40. The maximum absolute atomic E-state index is 12.4. The van der Waals surface area contributed by atoms with E-state index in [1.807, 2.05) is 64.2 Å². The predicted molar refractivity (Wildman–Crippen MR) is 125 cm³/mol. The number of piperidine rings is 1. The van der Waals surface area contributed by atoms with E-state index in [2.05, 4.69) is 11.9 Å². The molecule has 0 bridgehead atoms. The van der Waals surface area contributed by atoms with Crippen molar-refractivity contribution in [2.24, 2.45) is 11.7 Å². The Kier molecular flexibility index (Phi) is 5.34. The first-order chi connectivity index (χ1) is 16.0. The van der Waals surface area contributed by atoms with Crippen molar-refractivity contribution in [2.75, 3.05) is 25.0 Å². The van der Waals surface area contributed by atoms with Crippen LogP contribution in [-0.2, 0) is 4.79 Å². The fourth-order valence-electron chi connectivity index (χ4n) is 4.68. The number of nitrogens with two attached hydrogens (primary N) is 1. The van der Waals surface area contributed by atoms with Gasteiger partial charge in [-0.3, -0.25) is 9.59 Å². The number of primary amides is 1. The average molecular weight is 444 g/mol. The molecule has 168 valence electrons. The highest BCUT2D eigenvalue weighted by atomic mass is 16.5. The molecular formula is C25H25N5O3. The normalized spacial score (nSPS) is 19.1. The van der Waals surface area contributed by atoms with Crippen molar-refractivity contribution in [2.45, 2.75) is 12.5 Å². The number of hydrogen-bond acceptors (Lipinski definition) is 5. The predicted octanol–water partition coefficient (Wildman–Crippen LogP) is 3.44. The molecule has 0 spiro atoms. The first-order valence-corrected chi connectivity index (χ1v) is 11.0. The van der Waals surface area contributed by atoms with Gasteiger partial charge in [-0.2, -0.15) is 5.10 Å². The van der Waals surface area contributed by atoms with Crippen molar-refractivity contribution >= 4 is 17.6 Å². The van der Waals surface area contributed by atoms with Gasteiger partial charge < -0.3 is 20.7 Å². The van der Waals surface area contributed by atoms with E-state index >= 15 is 0 Å². The molecule has 0 aliphatic carbocycles. The van der Waals surface area contributed by atoms with E-state index in [1.165, 1.54) is 6.08 Å². The second kappa shape index (κ2) is 8.46. The number of para-hydroxylation sites is 1. The molecule has 3 N–H and O–H groups in total. The lowest BCUT2D eigenvalue weighted by Crippen LogP contribution is -2.48. The molecule has 2 amide bonds. The third kappa shape index (κ3) is 3.84. The largest absolute Gasteiger partial charge is 0.457 e. The van der Waals surface area contributed by atoms with Crippen LogP contribution < -0.4 is 15.8 Å². The van der Waals surface area contributed by atoms with Crippen molar-refractivity contribution in [3.8, 4) is 22.8 Å². The Morgan fingerprint density at radius 1 is 1.12 bits per heavy atom. The number of hydrogen-bond donors (Lipinski definition) is 2. The van der Waals surface area contributed by atoms with Gasteiger partial charge in [-0.05, 0) is 48.9 Å². The summed E-state index contributed by atoms with van der Waals surface area (Å²) in [6.07, 6.45) is 2.10. The van der Waals surface area contributed by atoms with Crippen LogP contribution in [0.5, 0.6) is 11.5 Å². The third-order valence-electron chi connectivity index (χ3n) is 6.29. The van der Waals surface area contributed by atoms with Crippen molar-refractivity contribution < 1.29 is 14.3 Å². The molecule has 33 heavy (non-hydrogen) atoms. The number of fused-ring (bicyclic) bond motifs is 3. The fourth-order valence-corrected chi connectivity index (χ4v) is 4.68. The quantitative estimate of drug-likeness (QED) is 0.588. The van der Waals surface area contributed by atoms with Crippen molar-refractivity contribution in [1.29, 1.82) is 0 Å². The molecule has 2 aromatic carbocycles. The van der Waals surface area contributed by atoms with Crippen LogP contribution in [0.25, 0.3) is 11.3 Å². The Bertz CT molecular complexity index is 1200. The number of rotatable bonds is 5. The van der Waals surface area contributed by atoms with Crippen molar-refractivity contribution in [3.05, 3.63) is 72.8 Å². The van der Waals surface area contributed by atoms with E-state index in [1.54, 1.807) is 0 Å². The van der Waals surface area contributed by atoms with Crippen LogP contribution in [0.1, 0.15) is 22.8 Å². The Balaban J connectivity index is 1.44. The minimum atomic E-state index is -0.527. The molecular weight excluding hydrogens is 418 g/mol. The number of carbonyl (C=O) groups excluding carboxylic acids is 2. The zero-order valence-electron chi connectivity index (χ0n) is 18.1. The van der Waals surface area contributed by atoms with Gasteiger partial charge in [-0.15, -0.1) is 0 Å². The van der Waals surface area contributed by atoms with E-state index in [0.717, 1.165) is 17.7 Å². The summed E-state index contributed by atoms with van der Waals surface area (Å²) in [6, 6.07) is 17.1. The number of nitrogens with zero attached hydrogens (tertiary/aromatic N) is 3. The Morgan fingerprint density at radius 2 is 1.85 bits per heavy atom. The van der Waals surface area contributed by atoms with E-state index in [0.29, 0.717) is 42.5 Å². The minimum Gasteiger partial charge on any atom is -0.457 e. The molecule has 8 heteroatoms. The molecule has 1 fully saturated rings. The van der Waals surface area contributed by atoms with E-state index in [9.17, 15) is 9.59 Å². The third-order valence-corrected chi connectivity index (χ3v) is 6.29. The number of anilines is 1. The number of benzene rings is 2. The molecule has 2 aliphatic heterocycles. The van der Waals surface area contributed by atoms with Crippen LogP contribution >= 0.6 is 0 Å². The average Bonchev–Trinajstić information content (AvgIpc) is 3.24. The molecule has 2 aliphatic rings. The van der Waals surface area contributed by atoms with Crippen LogP contribution in [-0.4, -0.2) is 46.1 Å². The highest BCUT2D eigenvalue weighted by Gasteiger charge is 2.39. The van der Waals surface area contributed by atoms with Gasteiger partial charge in [-0.25, -0.2) is 4.68 Å². The van der Waals surface area contributed by atoms with Crippen LogP contribution in [0.15, 0.2) is 67.3 Å². The first kappa shape index (κ1) is 20.8. The molecule has 3 aromatic rings. The van der Waals surface area contributed by atoms with Crippen LogP contribution in [0.3, 0.4) is 0 Å². The van der Waals surface area contributed by atoms with Gasteiger partial charge in [-0.1, -0.05) is 24.8 Å². The van der Waals surface area contributed by atoms with Gasteiger partial charge in [0.15, 0.2) is 0 Å². The van der Waals surface area contributed by atoms with E-state index in [4.69, 9.17) is 15.6 Å². The Hall–Kier alpha value is -4.07. The zero-order valence-corrected chi connectivity index (χ0v) is 18.1. The van der Waals surface area contributed by atoms with Crippen LogP contribution in [0.2, 0.25) is 0 Å². The molecule has 1 saturated heterocycles. The van der Waals surface area contributed by atoms with Gasteiger partial charge in [0.05, 0.1) is 6.04 Å². The second-order valence-electron chi connectivity index (χ2n) is 8.31. The molecule has 0 radical (unpaired) electrons. The van der Waals surface area contributed by atoms with Gasteiger partial charge >= 0.3 is 0 Å². The van der Waals surface area contributed by atoms with Crippen molar-refractivity contribution in [1.82, 2.24) is 14.7 Å². The van der Waals surface area contributed by atoms with Gasteiger partial charge in [0, 0.05) is 31.1 Å². The highest BCUT2D eigenvalue weighted by molar-refractivity contribution is 6.04. The van der Waals surface area contributed by atoms with Gasteiger partial charge in [0.2, 0.25) is 5.91 Å². The molecule has 1 unspecified atom stereocenters. The Morgan fingerprint density at radius 3 is 2.55 bits per heavy atom. The molecule has 8 nitrogen and oxygen atoms in total. The summed E-state index contributed by atoms with van der Waals surface area (Å²) < 4.78 is 7.75. The summed E-state index contributed by atoms with van der Waals surface area (Å²) in [5.41, 5.74) is 7.49. The summed E-state index contributed by atoms with van der Waals surface area (Å²) in [7, 11) is 0. The number of nitrogens with one attached hydrogen (secondary N) is 1. The number of carbonyl (C=O) groups is 2. The van der Waals surface area contributed by atoms with Crippen LogP contribution in [0, 0.1) is 5.92 Å². The van der Waals surface area contributed by atoms with E-state index < -0.39 is 5.91 Å². The van der Waals surface area contributed by atoms with Gasteiger partial charge in [0.25, 0.3) is 5.91 Å². The SMILES string of the molecule is C=CC(=O)N1CC[C@H]2C(CNc3c(C(N)=O)c(-c4ccc(Oc5ccccc5)cc4)nn32)C1. The number of ether oxygens (including phenoxy) is 1. The Labute approximate surface area is 191 Å². The van der Waals surface area contributed by atoms with E-state index in [-0.39, 0.29) is 17.9 Å². The molecule has 3 heterocycles. The lowest BCUT2D eigenvalue weighted by molar-refractivity contribution is -0.128. The summed E-state index contributed by atoms with van der Waals surface area (Å²) in [6.45, 7) is 5.47. The lowest BCUT2D eigenvalue weighted by atomic mass is 9.90. The first-order valence-electron chi connectivity index (χ1n) is 11.0. The minimum absolute atomic E-state index is 0.0592. The second-order valence-corrected chi connectivity index (χ2v) is 8.31. The van der Waals surface area contributed by atoms with Crippen LogP contribution in [0.4, 0.5) is 5.82 Å². The number of aromatic nitrogens is 2. The summed E-state index contributed by atoms with van der Waals surface area (Å²) in [5, 5.41) is 8.15. The summed E-state index contributed by atoms with van der Waals surface area (Å²) in [5.74, 6) is 1.68. The maximum Gasteiger partial charge on any atom is 0.254 e. The number of likely N-dealkylation sites (tertiary alicyclic amines) is 1. The standard InChI is InChI=1S/C25H25N5O3/c1-2-21(31)29-13-12-20-17(15-29)14-27-25-22(24(26)32)23(28-30(20)25)16-8-10-19(11-9-16)33-18-6-4-3-5-7-18/h2-11,17,20,27H,1,12-15H2,(H2,26,32)/t17?,20-/m0/s1. The van der Waals surface area contributed by atoms with Gasteiger partial charge in [0.1, 0.15) is 28.6 Å². The molecule has 0 saturated carbocycles. The smallest absolute Gasteiger partial charge is 0.254 e. The zero-order chi connectivity index (χ0) is 22.9. The summed E-state index contributed by atoms with van der Waals surface area (Å²) >= 11 is 0. The monoisotopic (exact) mass is 443 g/mol. The maximum atomic E-state index is 12.4. The lowest BCUT2D eigenvalue weighted by Gasteiger charge is -2.41. The molecule has 2 atom stereocenters. The number of amides is 2. The molecule has 5 rings (SSSR count). The topological polar surface area (TPSA) is 102 Å².